The van der Waals surface area contributed by atoms with Gasteiger partial charge < -0.3 is 71.5 Å². The third-order valence-electron chi connectivity index (χ3n) is 14.6. The minimum absolute atomic E-state index is 0.0136. The summed E-state index contributed by atoms with van der Waals surface area (Å²) in [6.07, 6.45) is 1.01. The molecule has 10 aromatic rings. The predicted octanol–water partition coefficient (Wildman–Crippen LogP) is 12.0. The largest absolute Gasteiger partial charge is 0.508 e. The fourth-order valence-electron chi connectivity index (χ4n) is 10.3. The molecule has 0 unspecified atom stereocenters. The molecular weight excluding hydrogens is 1030 g/mol. The number of hydrogen-bond acceptors (Lipinski definition) is 14. The highest BCUT2D eigenvalue weighted by atomic mass is 16.3. The molecule has 14 heteroatoms. The zero-order valence-corrected chi connectivity index (χ0v) is 43.4. The van der Waals surface area contributed by atoms with Crippen molar-refractivity contribution in [2.45, 2.75) is 44.9 Å². The maximum Gasteiger partial charge on any atom is 0.200 e. The fraction of sp³-hybridized carbons (Fsp3) is 0.104. The second-order valence-electron chi connectivity index (χ2n) is 20.4. The third kappa shape index (κ3) is 11.8. The Morgan fingerprint density at radius 3 is 0.765 bits per heavy atom. The Labute approximate surface area is 465 Å². The molecule has 0 aliphatic carbocycles. The summed E-state index contributed by atoms with van der Waals surface area (Å²) >= 11 is 0. The summed E-state index contributed by atoms with van der Waals surface area (Å²) in [5, 5.41) is 153. The van der Waals surface area contributed by atoms with Crippen LogP contribution in [0.25, 0.3) is 22.3 Å². The van der Waals surface area contributed by atoms with Crippen LogP contribution >= 0.6 is 0 Å². The first-order chi connectivity index (χ1) is 38.8. The number of benzene rings is 10. The van der Waals surface area contributed by atoms with Gasteiger partial charge in [0.1, 0.15) is 63.2 Å². The van der Waals surface area contributed by atoms with Crippen LogP contribution in [-0.2, 0) is 44.9 Å². The van der Waals surface area contributed by atoms with Crippen LogP contribution in [0.1, 0.15) is 77.9 Å². The van der Waals surface area contributed by atoms with Crippen molar-refractivity contribution in [2.75, 3.05) is 0 Å². The summed E-state index contributed by atoms with van der Waals surface area (Å²) in [5.41, 5.74) is 8.35. The molecule has 0 fully saturated rings. The smallest absolute Gasteiger partial charge is 0.200 e. The molecule has 0 radical (unpaired) electrons. The van der Waals surface area contributed by atoms with Crippen LogP contribution in [0.4, 0.5) is 0 Å². The van der Waals surface area contributed by atoms with E-state index in [-0.39, 0.29) is 141 Å². The molecule has 0 saturated heterocycles. The zero-order valence-electron chi connectivity index (χ0n) is 43.4. The van der Waals surface area contributed by atoms with Crippen molar-refractivity contribution in [3.63, 3.8) is 0 Å². The summed E-state index contributed by atoms with van der Waals surface area (Å²) in [6.45, 7) is 0. The predicted molar refractivity (Wildman–Crippen MR) is 305 cm³/mol. The van der Waals surface area contributed by atoms with Crippen LogP contribution in [0.15, 0.2) is 170 Å². The summed E-state index contributed by atoms with van der Waals surface area (Å²) in [7, 11) is 0. The van der Waals surface area contributed by atoms with Gasteiger partial charge in [-0.3, -0.25) is 0 Å². The maximum atomic E-state index is 11.8. The van der Waals surface area contributed by atoms with E-state index in [9.17, 15) is 71.5 Å². The SMILES string of the molecule is Oc1ccc(Cc2cc(Cc3ccc(O)c(-c4cc(Cc5cc(Cc6ccc(O)c(-c7cc(Cc8cc(Cc9ccc(O)cc9)c(O)c(Cc9ccc(O)cc9)c8O)ccc7O)c6)c(O)c(O)c5O)ccc4O)c3)c(O)cc2O)cc1. The van der Waals surface area contributed by atoms with Gasteiger partial charge in [-0.1, -0.05) is 60.7 Å². The van der Waals surface area contributed by atoms with Gasteiger partial charge in [0.15, 0.2) is 11.5 Å². The standard InChI is InChI=1S/C67H56O14/c68-49-11-1-36(2-12-49)21-43-32-44(62(76)35-61(43)75)23-39-7-17-57(71)52(28-39)54-30-41(9-19-59(54)73)25-47-34-48(66(80)67(81)65(47)79)26-42-10-20-60(74)55(31-42)53-29-40(8-18-58(53)72)24-46-33-45(22-37-3-13-50(69)14-4-37)63(77)56(64(46)78)27-38-5-15-51(70)16-6-38/h1-20,28-35,68-81H,21-27H2. The lowest BCUT2D eigenvalue weighted by atomic mass is 9.90. The average molecular weight is 1090 g/mol. The molecule has 0 atom stereocenters. The van der Waals surface area contributed by atoms with Crippen molar-refractivity contribution in [3.8, 4) is 103 Å². The molecule has 10 aromatic carbocycles. The molecule has 0 amide bonds. The van der Waals surface area contributed by atoms with E-state index in [0.717, 1.165) is 16.7 Å². The first kappa shape index (κ1) is 53.8. The van der Waals surface area contributed by atoms with E-state index in [1.54, 1.807) is 121 Å². The molecular formula is C67H56O14. The third-order valence-corrected chi connectivity index (χ3v) is 14.6. The number of hydrogen-bond donors (Lipinski definition) is 14. The molecule has 0 aliphatic heterocycles. The molecule has 0 aliphatic rings. The van der Waals surface area contributed by atoms with Gasteiger partial charge in [0, 0.05) is 90.0 Å². The van der Waals surface area contributed by atoms with E-state index in [1.165, 1.54) is 48.5 Å². The Morgan fingerprint density at radius 2 is 0.432 bits per heavy atom. The second-order valence-corrected chi connectivity index (χ2v) is 20.4. The molecule has 0 saturated carbocycles. The number of rotatable bonds is 16. The highest BCUT2D eigenvalue weighted by Gasteiger charge is 2.23. The zero-order chi connectivity index (χ0) is 57.2. The minimum atomic E-state index is -0.769. The molecule has 408 valence electrons. The topological polar surface area (TPSA) is 283 Å². The Balaban J connectivity index is 0.905. The lowest BCUT2D eigenvalue weighted by Gasteiger charge is -2.18. The van der Waals surface area contributed by atoms with E-state index in [2.05, 4.69) is 0 Å². The van der Waals surface area contributed by atoms with Crippen LogP contribution in [0.3, 0.4) is 0 Å². The number of phenolic OH excluding ortho intramolecular Hbond substituents is 14. The summed E-state index contributed by atoms with van der Waals surface area (Å²) in [4.78, 5) is 0. The Hall–Kier alpha value is -10.6. The van der Waals surface area contributed by atoms with Crippen molar-refractivity contribution in [1.29, 1.82) is 0 Å². The number of phenols is 14. The Kier molecular flexibility index (Phi) is 14.9. The van der Waals surface area contributed by atoms with Gasteiger partial charge in [0.2, 0.25) is 5.75 Å². The van der Waals surface area contributed by atoms with Gasteiger partial charge in [-0.25, -0.2) is 0 Å². The lowest BCUT2D eigenvalue weighted by Crippen LogP contribution is -2.01. The molecule has 81 heavy (non-hydrogen) atoms. The monoisotopic (exact) mass is 1080 g/mol. The fourth-order valence-corrected chi connectivity index (χ4v) is 10.3. The molecule has 0 heterocycles. The first-order valence-electron chi connectivity index (χ1n) is 25.8. The Bertz CT molecular complexity index is 4000. The van der Waals surface area contributed by atoms with Crippen LogP contribution in [0.2, 0.25) is 0 Å². The van der Waals surface area contributed by atoms with E-state index in [0.29, 0.717) is 50.9 Å². The van der Waals surface area contributed by atoms with Gasteiger partial charge in [0.25, 0.3) is 0 Å². The molecule has 0 aromatic heterocycles. The first-order valence-corrected chi connectivity index (χ1v) is 25.8. The molecule has 10 rings (SSSR count). The molecule has 0 bridgehead atoms. The van der Waals surface area contributed by atoms with Crippen LogP contribution < -0.4 is 0 Å². The van der Waals surface area contributed by atoms with E-state index < -0.39 is 17.2 Å². The summed E-state index contributed by atoms with van der Waals surface area (Å²) in [6, 6.07) is 44.6. The van der Waals surface area contributed by atoms with Crippen molar-refractivity contribution in [3.05, 3.63) is 248 Å². The highest BCUT2D eigenvalue weighted by Crippen LogP contribution is 2.46. The molecule has 0 spiro atoms. The maximum absolute atomic E-state index is 11.8. The van der Waals surface area contributed by atoms with Crippen molar-refractivity contribution < 1.29 is 71.5 Å². The average Bonchev–Trinajstić information content (AvgIpc) is 3.53. The highest BCUT2D eigenvalue weighted by molar-refractivity contribution is 5.78. The van der Waals surface area contributed by atoms with Gasteiger partial charge in [-0.05, 0) is 164 Å². The second kappa shape index (κ2) is 22.4. The van der Waals surface area contributed by atoms with Gasteiger partial charge in [0.05, 0.1) is 0 Å². The van der Waals surface area contributed by atoms with Crippen molar-refractivity contribution in [2.24, 2.45) is 0 Å². The van der Waals surface area contributed by atoms with E-state index in [1.807, 2.05) is 0 Å². The van der Waals surface area contributed by atoms with Crippen molar-refractivity contribution >= 4 is 0 Å². The summed E-state index contributed by atoms with van der Waals surface area (Å²) < 4.78 is 0. The number of aromatic hydroxyl groups is 14. The van der Waals surface area contributed by atoms with Crippen LogP contribution in [-0.4, -0.2) is 71.5 Å². The van der Waals surface area contributed by atoms with E-state index >= 15 is 0 Å². The summed E-state index contributed by atoms with van der Waals surface area (Å²) in [5.74, 6) is -2.85. The van der Waals surface area contributed by atoms with Crippen LogP contribution in [0.5, 0.6) is 80.5 Å². The van der Waals surface area contributed by atoms with Gasteiger partial charge >= 0.3 is 0 Å². The van der Waals surface area contributed by atoms with Crippen LogP contribution in [0, 0.1) is 0 Å². The lowest BCUT2D eigenvalue weighted by molar-refractivity contribution is 0.363. The quantitative estimate of drug-likeness (QED) is 0.0401. The van der Waals surface area contributed by atoms with Gasteiger partial charge in [-0.15, -0.1) is 0 Å². The van der Waals surface area contributed by atoms with Gasteiger partial charge in [-0.2, -0.15) is 0 Å². The van der Waals surface area contributed by atoms with E-state index in [4.69, 9.17) is 0 Å². The molecule has 14 nitrogen and oxygen atoms in total. The van der Waals surface area contributed by atoms with Crippen molar-refractivity contribution in [1.82, 2.24) is 0 Å². The normalized spacial score (nSPS) is 11.3. The Morgan fingerprint density at radius 1 is 0.185 bits per heavy atom. The molecule has 14 N–H and O–H groups in total. The minimum Gasteiger partial charge on any atom is -0.508 e.